The highest BCUT2D eigenvalue weighted by molar-refractivity contribution is 5.93. The van der Waals surface area contributed by atoms with Crippen molar-refractivity contribution in [3.05, 3.63) is 48.3 Å². The number of benzene rings is 1. The second-order valence-electron chi connectivity index (χ2n) is 10.6. The molecule has 1 fully saturated rings. The van der Waals surface area contributed by atoms with Crippen LogP contribution in [0, 0.1) is 11.8 Å². The number of nitrogens with zero attached hydrogens (tertiary/aromatic N) is 6. The normalized spacial score (nSPS) is 14.8. The Morgan fingerprint density at radius 3 is 2.88 bits per heavy atom. The van der Waals surface area contributed by atoms with Gasteiger partial charge in [0.25, 0.3) is 0 Å². The first-order valence-electron chi connectivity index (χ1n) is 14.5. The zero-order chi connectivity index (χ0) is 29.9. The van der Waals surface area contributed by atoms with E-state index < -0.39 is 6.04 Å². The topological polar surface area (TPSA) is 120 Å². The third kappa shape index (κ3) is 8.30. The number of aromatic nitrogens is 4. The highest BCUT2D eigenvalue weighted by Crippen LogP contribution is 2.22. The molecule has 2 amide bonds. The molecule has 0 saturated carbocycles. The molecule has 1 aromatic carbocycles. The van der Waals surface area contributed by atoms with Crippen molar-refractivity contribution in [2.75, 3.05) is 50.9 Å². The number of unbranched alkanes of at least 4 members (excludes halogenated alkanes) is 1. The zero-order valence-electron chi connectivity index (χ0n) is 25.0. The third-order valence-corrected chi connectivity index (χ3v) is 6.91. The molecule has 11 heteroatoms. The van der Waals surface area contributed by atoms with Crippen molar-refractivity contribution in [2.24, 2.45) is 7.05 Å². The highest BCUT2D eigenvalue weighted by atomic mass is 16.2. The molecule has 0 radical (unpaired) electrons. The van der Waals surface area contributed by atoms with Crippen molar-refractivity contribution in [1.29, 1.82) is 0 Å². The number of carbonyl (C=O) groups is 2. The van der Waals surface area contributed by atoms with E-state index in [-0.39, 0.29) is 11.8 Å². The molecule has 1 aliphatic rings. The first kappa shape index (κ1) is 30.5. The molecule has 0 spiro atoms. The van der Waals surface area contributed by atoms with Crippen LogP contribution >= 0.6 is 0 Å². The van der Waals surface area contributed by atoms with E-state index in [1.165, 1.54) is 0 Å². The number of rotatable bonds is 12. The molecule has 1 aliphatic heterocycles. The van der Waals surface area contributed by atoms with Gasteiger partial charge >= 0.3 is 0 Å². The van der Waals surface area contributed by atoms with E-state index in [0.717, 1.165) is 41.5 Å². The number of hydrogen-bond acceptors (Lipinski definition) is 8. The van der Waals surface area contributed by atoms with Gasteiger partial charge in [-0.3, -0.25) is 14.3 Å². The fourth-order valence-electron chi connectivity index (χ4n) is 4.69. The summed E-state index contributed by atoms with van der Waals surface area (Å²) in [6.45, 7) is 4.66. The van der Waals surface area contributed by atoms with Crippen LogP contribution in [0.25, 0.3) is 10.9 Å². The monoisotopic (exact) mass is 571 g/mol. The Labute approximate surface area is 247 Å². The van der Waals surface area contributed by atoms with Gasteiger partial charge in [0.1, 0.15) is 11.9 Å². The van der Waals surface area contributed by atoms with Gasteiger partial charge in [0, 0.05) is 56.8 Å². The average Bonchev–Trinajstić information content (AvgIpc) is 3.61. The van der Waals surface area contributed by atoms with Gasteiger partial charge in [-0.15, -0.1) is 0 Å². The first-order chi connectivity index (χ1) is 20.4. The summed E-state index contributed by atoms with van der Waals surface area (Å²) in [5.74, 6) is 7.33. The van der Waals surface area contributed by atoms with E-state index in [2.05, 4.69) is 49.8 Å². The lowest BCUT2D eigenvalue weighted by Gasteiger charge is -2.22. The fourth-order valence-corrected chi connectivity index (χ4v) is 4.69. The molecule has 1 saturated heterocycles. The Bertz CT molecular complexity index is 1470. The molecule has 1 atom stereocenters. The van der Waals surface area contributed by atoms with Crippen LogP contribution < -0.4 is 16.0 Å². The lowest BCUT2D eigenvalue weighted by molar-refractivity contribution is -0.135. The summed E-state index contributed by atoms with van der Waals surface area (Å²) in [4.78, 5) is 38.1. The van der Waals surface area contributed by atoms with E-state index in [1.807, 2.05) is 61.2 Å². The maximum Gasteiger partial charge on any atom is 0.246 e. The number of aryl methyl sites for hydroxylation is 1. The number of amides is 2. The minimum absolute atomic E-state index is 0.0973. The van der Waals surface area contributed by atoms with Crippen LogP contribution in [-0.4, -0.2) is 87.7 Å². The van der Waals surface area contributed by atoms with Gasteiger partial charge in [0.15, 0.2) is 0 Å². The summed E-state index contributed by atoms with van der Waals surface area (Å²) in [5, 5.41) is 15.0. The maximum atomic E-state index is 12.8. The smallest absolute Gasteiger partial charge is 0.246 e. The molecule has 3 heterocycles. The molecular weight excluding hydrogens is 530 g/mol. The summed E-state index contributed by atoms with van der Waals surface area (Å²) in [6, 6.07) is 5.60. The number of carbonyl (C=O) groups excluding carboxylic acids is 2. The molecular formula is C31H41N9O2. The van der Waals surface area contributed by atoms with Gasteiger partial charge in [0.2, 0.25) is 17.8 Å². The van der Waals surface area contributed by atoms with Gasteiger partial charge in [-0.25, -0.2) is 4.98 Å². The standard InChI is InChI=1S/C31H41N9O2/c1-5-16-32-29-24(21-34-31(37-29)36-25-15-14-23-22-35-39(4)27(23)20-25)11-7-6-8-17-33-30(42)26-12-9-19-40(26)28(41)13-10-18-38(2)3/h10,13-15,20-22,26H,5-6,8-9,12,16-19H2,1-4H3,(H,33,42)(H2,32,34,36,37)/b13-10+/t26-/m0/s1. The molecule has 2 aromatic heterocycles. The highest BCUT2D eigenvalue weighted by Gasteiger charge is 2.32. The Balaban J connectivity index is 1.29. The molecule has 4 rings (SSSR count). The van der Waals surface area contributed by atoms with Crippen molar-refractivity contribution < 1.29 is 9.59 Å². The number of hydrogen-bond donors (Lipinski definition) is 3. The van der Waals surface area contributed by atoms with Crippen LogP contribution in [0.1, 0.15) is 44.6 Å². The van der Waals surface area contributed by atoms with Crippen LogP contribution in [0.15, 0.2) is 42.7 Å². The van der Waals surface area contributed by atoms with Crippen molar-refractivity contribution in [3.63, 3.8) is 0 Å². The number of likely N-dealkylation sites (N-methyl/N-ethyl adjacent to an activating group) is 1. The minimum Gasteiger partial charge on any atom is -0.369 e. The van der Waals surface area contributed by atoms with Gasteiger partial charge in [-0.2, -0.15) is 10.1 Å². The van der Waals surface area contributed by atoms with Crippen LogP contribution in [0.4, 0.5) is 17.5 Å². The lowest BCUT2D eigenvalue weighted by atomic mass is 10.2. The van der Waals surface area contributed by atoms with Crippen LogP contribution in [0.5, 0.6) is 0 Å². The first-order valence-corrected chi connectivity index (χ1v) is 14.5. The summed E-state index contributed by atoms with van der Waals surface area (Å²) in [7, 11) is 5.80. The quantitative estimate of drug-likeness (QED) is 0.172. The summed E-state index contributed by atoms with van der Waals surface area (Å²) in [6.07, 6.45) is 10.7. The largest absolute Gasteiger partial charge is 0.369 e. The molecule has 0 unspecified atom stereocenters. The predicted molar refractivity (Wildman–Crippen MR) is 166 cm³/mol. The summed E-state index contributed by atoms with van der Waals surface area (Å²) >= 11 is 0. The van der Waals surface area contributed by atoms with Crippen molar-refractivity contribution in [3.8, 4) is 11.8 Å². The van der Waals surface area contributed by atoms with E-state index in [1.54, 1.807) is 17.2 Å². The number of fused-ring (bicyclic) bond motifs is 1. The summed E-state index contributed by atoms with van der Waals surface area (Å²) < 4.78 is 1.83. The van der Waals surface area contributed by atoms with E-state index in [4.69, 9.17) is 0 Å². The Morgan fingerprint density at radius 1 is 1.21 bits per heavy atom. The predicted octanol–water partition coefficient (Wildman–Crippen LogP) is 3.29. The minimum atomic E-state index is -0.407. The van der Waals surface area contributed by atoms with Crippen molar-refractivity contribution >= 4 is 40.2 Å². The van der Waals surface area contributed by atoms with Gasteiger partial charge in [-0.1, -0.05) is 24.8 Å². The third-order valence-electron chi connectivity index (χ3n) is 6.91. The molecule has 0 aliphatic carbocycles. The Kier molecular flexibility index (Phi) is 10.9. The van der Waals surface area contributed by atoms with Gasteiger partial charge in [0.05, 0.1) is 23.5 Å². The molecule has 222 valence electrons. The van der Waals surface area contributed by atoms with E-state index in [9.17, 15) is 9.59 Å². The Morgan fingerprint density at radius 2 is 2.07 bits per heavy atom. The molecule has 42 heavy (non-hydrogen) atoms. The van der Waals surface area contributed by atoms with Gasteiger partial charge in [-0.05, 0) is 58.0 Å². The SMILES string of the molecule is CCCNc1nc(Nc2ccc3cnn(C)c3c2)ncc1C#CCCCNC(=O)[C@@H]1CCCN1C(=O)/C=C/CN(C)C. The molecule has 3 N–H and O–H groups in total. The van der Waals surface area contributed by atoms with Crippen molar-refractivity contribution in [2.45, 2.75) is 45.1 Å². The molecule has 0 bridgehead atoms. The van der Waals surface area contributed by atoms with Crippen LogP contribution in [0.3, 0.4) is 0 Å². The zero-order valence-corrected chi connectivity index (χ0v) is 25.0. The second-order valence-corrected chi connectivity index (χ2v) is 10.6. The lowest BCUT2D eigenvalue weighted by Crippen LogP contribution is -2.45. The van der Waals surface area contributed by atoms with E-state index >= 15 is 0 Å². The Hall–Kier alpha value is -4.43. The maximum absolute atomic E-state index is 12.8. The number of nitrogens with one attached hydrogen (secondary N) is 3. The number of likely N-dealkylation sites (tertiary alicyclic amines) is 1. The van der Waals surface area contributed by atoms with E-state index in [0.29, 0.717) is 50.7 Å². The second kappa shape index (κ2) is 15.0. The molecule has 11 nitrogen and oxygen atoms in total. The fraction of sp³-hybridized carbons (Fsp3) is 0.452. The van der Waals surface area contributed by atoms with Gasteiger partial charge < -0.3 is 25.8 Å². The van der Waals surface area contributed by atoms with Crippen LogP contribution in [-0.2, 0) is 16.6 Å². The summed E-state index contributed by atoms with van der Waals surface area (Å²) in [5.41, 5.74) is 2.62. The average molecular weight is 572 g/mol. The molecule has 3 aromatic rings. The van der Waals surface area contributed by atoms with Crippen LogP contribution in [0.2, 0.25) is 0 Å². The van der Waals surface area contributed by atoms with Crippen molar-refractivity contribution in [1.82, 2.24) is 34.9 Å². The number of anilines is 3.